The van der Waals surface area contributed by atoms with E-state index < -0.39 is 17.5 Å². The molecule has 2 aliphatic rings. The number of hydrogen-bond acceptors (Lipinski definition) is 3. The summed E-state index contributed by atoms with van der Waals surface area (Å²) in [5, 5.41) is 2.88. The van der Waals surface area contributed by atoms with Crippen molar-refractivity contribution in [1.82, 2.24) is 15.1 Å². The molecule has 6 heteroatoms. The Kier molecular flexibility index (Phi) is 5.09. The van der Waals surface area contributed by atoms with Gasteiger partial charge < -0.3 is 10.2 Å². The van der Waals surface area contributed by atoms with Gasteiger partial charge in [-0.05, 0) is 29.9 Å². The Morgan fingerprint density at radius 3 is 2.17 bits per heavy atom. The molecule has 0 saturated carbocycles. The molecule has 1 N–H and O–H groups in total. The van der Waals surface area contributed by atoms with Crippen LogP contribution in [0.25, 0.3) is 0 Å². The molecule has 29 heavy (non-hydrogen) atoms. The molecule has 1 unspecified atom stereocenters. The van der Waals surface area contributed by atoms with Gasteiger partial charge in [-0.2, -0.15) is 0 Å². The summed E-state index contributed by atoms with van der Waals surface area (Å²) in [6.07, 6.45) is 2.04. The molecule has 2 aliphatic heterocycles. The first-order valence-corrected chi connectivity index (χ1v) is 10.1. The quantitative estimate of drug-likeness (QED) is 0.815. The Morgan fingerprint density at radius 1 is 1.03 bits per heavy atom. The largest absolute Gasteiger partial charge is 0.341 e. The van der Waals surface area contributed by atoms with Crippen molar-refractivity contribution in [3.63, 3.8) is 0 Å². The van der Waals surface area contributed by atoms with Crippen LogP contribution < -0.4 is 5.32 Å². The summed E-state index contributed by atoms with van der Waals surface area (Å²) in [6.45, 7) is 3.22. The van der Waals surface area contributed by atoms with Crippen LogP contribution >= 0.6 is 0 Å². The second-order valence-corrected chi connectivity index (χ2v) is 7.89. The first-order chi connectivity index (χ1) is 14.0. The van der Waals surface area contributed by atoms with E-state index >= 15 is 0 Å². The van der Waals surface area contributed by atoms with Crippen molar-refractivity contribution < 1.29 is 14.4 Å². The Labute approximate surface area is 170 Å². The van der Waals surface area contributed by atoms with E-state index in [4.69, 9.17) is 0 Å². The van der Waals surface area contributed by atoms with Crippen LogP contribution in [0.3, 0.4) is 0 Å². The van der Waals surface area contributed by atoms with E-state index in [-0.39, 0.29) is 12.5 Å². The molecule has 1 atom stereocenters. The first kappa shape index (κ1) is 19.2. The number of carbonyl (C=O) groups excluding carboxylic acids is 3. The SMILES string of the molecule is CC1CCCN(C(=O)CN2C(=O)NC(c3ccccc3)(c3ccccc3)C2=O)C1. The maximum Gasteiger partial charge on any atom is 0.326 e. The lowest BCUT2D eigenvalue weighted by Gasteiger charge is -2.32. The molecule has 2 saturated heterocycles. The standard InChI is InChI=1S/C23H25N3O3/c1-17-9-8-14-25(15-17)20(27)16-26-21(28)23(24-22(26)29,18-10-4-2-5-11-18)19-12-6-3-7-13-19/h2-7,10-13,17H,8-9,14-16H2,1H3,(H,24,29). The fourth-order valence-electron chi connectivity index (χ4n) is 4.31. The number of urea groups is 1. The van der Waals surface area contributed by atoms with Crippen molar-refractivity contribution in [2.45, 2.75) is 25.3 Å². The minimum atomic E-state index is -1.32. The van der Waals surface area contributed by atoms with Gasteiger partial charge in [0.2, 0.25) is 5.91 Å². The van der Waals surface area contributed by atoms with Crippen LogP contribution in [0.15, 0.2) is 60.7 Å². The number of benzene rings is 2. The van der Waals surface area contributed by atoms with E-state index in [1.807, 2.05) is 60.7 Å². The van der Waals surface area contributed by atoms with Gasteiger partial charge in [-0.3, -0.25) is 14.5 Å². The average Bonchev–Trinajstić information content (AvgIpc) is 3.00. The zero-order valence-electron chi connectivity index (χ0n) is 16.5. The Morgan fingerprint density at radius 2 is 1.62 bits per heavy atom. The number of carbonyl (C=O) groups is 3. The number of rotatable bonds is 4. The molecule has 0 bridgehead atoms. The monoisotopic (exact) mass is 391 g/mol. The second-order valence-electron chi connectivity index (χ2n) is 7.89. The Bertz CT molecular complexity index is 874. The maximum atomic E-state index is 13.6. The van der Waals surface area contributed by atoms with Crippen LogP contribution in [0.4, 0.5) is 4.79 Å². The van der Waals surface area contributed by atoms with E-state index in [2.05, 4.69) is 12.2 Å². The number of nitrogens with one attached hydrogen (secondary N) is 1. The molecule has 0 aromatic heterocycles. The average molecular weight is 391 g/mol. The number of piperidine rings is 1. The predicted molar refractivity (Wildman–Crippen MR) is 109 cm³/mol. The number of imide groups is 1. The van der Waals surface area contributed by atoms with Crippen molar-refractivity contribution in [2.75, 3.05) is 19.6 Å². The Balaban J connectivity index is 1.66. The number of likely N-dealkylation sites (tertiary alicyclic amines) is 1. The molecule has 2 aromatic rings. The van der Waals surface area contributed by atoms with Gasteiger partial charge in [0.05, 0.1) is 0 Å². The van der Waals surface area contributed by atoms with Gasteiger partial charge in [-0.25, -0.2) is 4.79 Å². The van der Waals surface area contributed by atoms with Crippen LogP contribution in [0.1, 0.15) is 30.9 Å². The van der Waals surface area contributed by atoms with E-state index in [0.717, 1.165) is 17.7 Å². The first-order valence-electron chi connectivity index (χ1n) is 10.1. The van der Waals surface area contributed by atoms with Gasteiger partial charge >= 0.3 is 6.03 Å². The third-order valence-corrected chi connectivity index (χ3v) is 5.82. The van der Waals surface area contributed by atoms with Crippen LogP contribution in [-0.2, 0) is 15.1 Å². The van der Waals surface area contributed by atoms with Crippen LogP contribution in [0.5, 0.6) is 0 Å². The molecule has 4 amide bonds. The van der Waals surface area contributed by atoms with Crippen molar-refractivity contribution in [1.29, 1.82) is 0 Å². The highest BCUT2D eigenvalue weighted by Gasteiger charge is 2.54. The van der Waals surface area contributed by atoms with Crippen LogP contribution in [0, 0.1) is 5.92 Å². The lowest BCUT2D eigenvalue weighted by Crippen LogP contribution is -2.48. The summed E-state index contributed by atoms with van der Waals surface area (Å²) in [7, 11) is 0. The van der Waals surface area contributed by atoms with E-state index in [1.54, 1.807) is 4.90 Å². The third-order valence-electron chi connectivity index (χ3n) is 5.82. The van der Waals surface area contributed by atoms with Crippen LogP contribution in [0.2, 0.25) is 0 Å². The summed E-state index contributed by atoms with van der Waals surface area (Å²) in [5.74, 6) is -0.168. The second kappa shape index (κ2) is 7.70. The summed E-state index contributed by atoms with van der Waals surface area (Å²) in [4.78, 5) is 42.1. The fourth-order valence-corrected chi connectivity index (χ4v) is 4.31. The van der Waals surface area contributed by atoms with Crippen molar-refractivity contribution >= 4 is 17.8 Å². The minimum absolute atomic E-state index is 0.183. The highest BCUT2D eigenvalue weighted by Crippen LogP contribution is 2.36. The fraction of sp³-hybridized carbons (Fsp3) is 0.348. The summed E-state index contributed by atoms with van der Waals surface area (Å²) < 4.78 is 0. The van der Waals surface area contributed by atoms with E-state index in [0.29, 0.717) is 30.1 Å². The van der Waals surface area contributed by atoms with Crippen LogP contribution in [-0.4, -0.2) is 47.3 Å². The molecule has 0 aliphatic carbocycles. The van der Waals surface area contributed by atoms with Crippen molar-refractivity contribution in [2.24, 2.45) is 5.92 Å². The van der Waals surface area contributed by atoms with Gasteiger partial charge in [0.25, 0.3) is 5.91 Å². The molecule has 2 heterocycles. The van der Waals surface area contributed by atoms with Gasteiger partial charge in [0.15, 0.2) is 5.54 Å². The summed E-state index contributed by atoms with van der Waals surface area (Å²) in [6, 6.07) is 17.8. The smallest absolute Gasteiger partial charge is 0.326 e. The zero-order valence-corrected chi connectivity index (χ0v) is 16.5. The topological polar surface area (TPSA) is 69.7 Å². The molecule has 150 valence electrons. The third kappa shape index (κ3) is 3.39. The lowest BCUT2D eigenvalue weighted by atomic mass is 9.82. The van der Waals surface area contributed by atoms with E-state index in [1.165, 1.54) is 0 Å². The van der Waals surface area contributed by atoms with Crippen molar-refractivity contribution in [3.05, 3.63) is 71.8 Å². The predicted octanol–water partition coefficient (Wildman–Crippen LogP) is 2.74. The molecule has 0 spiro atoms. The highest BCUT2D eigenvalue weighted by molar-refractivity contribution is 6.11. The van der Waals surface area contributed by atoms with E-state index in [9.17, 15) is 14.4 Å². The molecule has 2 fully saturated rings. The van der Waals surface area contributed by atoms with Crippen molar-refractivity contribution in [3.8, 4) is 0 Å². The van der Waals surface area contributed by atoms with Gasteiger partial charge in [-0.15, -0.1) is 0 Å². The molecule has 6 nitrogen and oxygen atoms in total. The number of hydrogen-bond donors (Lipinski definition) is 1. The van der Waals surface area contributed by atoms with Gasteiger partial charge in [-0.1, -0.05) is 67.6 Å². The highest BCUT2D eigenvalue weighted by atomic mass is 16.2. The minimum Gasteiger partial charge on any atom is -0.341 e. The molecule has 4 rings (SSSR count). The normalized spacial score (nSPS) is 21.2. The van der Waals surface area contributed by atoms with Gasteiger partial charge in [0, 0.05) is 13.1 Å². The molecule has 2 aromatic carbocycles. The maximum absolute atomic E-state index is 13.6. The number of nitrogens with zero attached hydrogens (tertiary/aromatic N) is 2. The molecule has 0 radical (unpaired) electrons. The molecular formula is C23H25N3O3. The summed E-state index contributed by atoms with van der Waals surface area (Å²) in [5.41, 5.74) is 0.0203. The number of amides is 4. The Hall–Kier alpha value is -3.15. The zero-order chi connectivity index (χ0) is 20.4. The lowest BCUT2D eigenvalue weighted by molar-refractivity contribution is -0.139. The van der Waals surface area contributed by atoms with Gasteiger partial charge in [0.1, 0.15) is 6.54 Å². The molecular weight excluding hydrogens is 366 g/mol. The summed E-state index contributed by atoms with van der Waals surface area (Å²) >= 11 is 0.